The molecule has 11 atom stereocenters. The van der Waals surface area contributed by atoms with Crippen molar-refractivity contribution in [3.05, 3.63) is 0 Å². The van der Waals surface area contributed by atoms with Gasteiger partial charge in [0, 0.05) is 26.2 Å². The molecule has 0 aromatic heterocycles. The van der Waals surface area contributed by atoms with Gasteiger partial charge >= 0.3 is 0 Å². The van der Waals surface area contributed by atoms with Crippen LogP contribution in [0, 0.1) is 23.7 Å². The summed E-state index contributed by atoms with van der Waals surface area (Å²) in [5.74, 6) is -3.58. The molecule has 2 fully saturated rings. The first-order chi connectivity index (χ1) is 30.0. The number of carbonyl (C=O) groups excluding carboxylic acids is 10. The highest BCUT2D eigenvalue weighted by Gasteiger charge is 2.49. The largest absolute Gasteiger partial charge is 0.391 e. The van der Waals surface area contributed by atoms with Crippen molar-refractivity contribution >= 4 is 60.8 Å². The second-order valence-corrected chi connectivity index (χ2v) is 18.8. The number of amides is 4. The van der Waals surface area contributed by atoms with Crippen molar-refractivity contribution in [3.8, 4) is 0 Å². The molecule has 2 rings (SSSR count). The second-order valence-electron chi connectivity index (χ2n) is 18.8. The molecule has 64 heavy (non-hydrogen) atoms. The predicted molar refractivity (Wildman–Crippen MR) is 237 cm³/mol. The Morgan fingerprint density at radius 3 is 1.28 bits per heavy atom. The van der Waals surface area contributed by atoms with Crippen LogP contribution in [-0.4, -0.2) is 179 Å². The lowest BCUT2D eigenvalue weighted by Gasteiger charge is -2.48. The van der Waals surface area contributed by atoms with Crippen LogP contribution in [0.2, 0.25) is 0 Å². The summed E-state index contributed by atoms with van der Waals surface area (Å²) in [4.78, 5) is 138. The van der Waals surface area contributed by atoms with Gasteiger partial charge in [-0.05, 0) is 70.1 Å². The van der Waals surface area contributed by atoms with Gasteiger partial charge in [0.25, 0.3) is 17.7 Å². The topological polar surface area (TPSA) is 264 Å². The predicted octanol–water partition coefficient (Wildman–Crippen LogP) is -1.04. The molecule has 0 aromatic carbocycles. The maximum atomic E-state index is 15.2. The Hall–Kier alpha value is -4.34. The molecule has 0 radical (unpaired) electrons. The minimum Gasteiger partial charge on any atom is -0.391 e. The minimum atomic E-state index is -1.64. The number of aliphatic hydroxyl groups excluding tert-OH is 1. The van der Waals surface area contributed by atoms with Gasteiger partial charge in [0.2, 0.25) is 5.91 Å². The zero-order valence-electron chi connectivity index (χ0n) is 39.5. The van der Waals surface area contributed by atoms with E-state index in [1.807, 2.05) is 55.4 Å². The Labute approximate surface area is 378 Å². The summed E-state index contributed by atoms with van der Waals surface area (Å²) in [6.45, 7) is 18.2. The molecule has 0 aliphatic carbocycles. The number of piperazine rings is 2. The third-order valence-electron chi connectivity index (χ3n) is 11.2. The van der Waals surface area contributed by atoms with E-state index in [9.17, 15) is 48.3 Å². The molecule has 362 valence electrons. The molecule has 2 aliphatic rings. The van der Waals surface area contributed by atoms with Crippen molar-refractivity contribution < 1.29 is 53.1 Å². The van der Waals surface area contributed by atoms with Crippen LogP contribution in [0.1, 0.15) is 102 Å². The Morgan fingerprint density at radius 1 is 0.547 bits per heavy atom. The van der Waals surface area contributed by atoms with E-state index in [-0.39, 0.29) is 62.7 Å². The summed E-state index contributed by atoms with van der Waals surface area (Å²) in [6, 6.07) is -5.70. The van der Waals surface area contributed by atoms with Gasteiger partial charge in [-0.15, -0.1) is 0 Å². The van der Waals surface area contributed by atoms with Crippen LogP contribution in [0.15, 0.2) is 0 Å². The van der Waals surface area contributed by atoms with E-state index in [0.717, 1.165) is 16.1 Å². The highest BCUT2D eigenvalue weighted by Crippen LogP contribution is 2.22. The maximum absolute atomic E-state index is 15.2. The summed E-state index contributed by atoms with van der Waals surface area (Å²) < 4.78 is 0. The van der Waals surface area contributed by atoms with Crippen molar-refractivity contribution in [1.82, 2.24) is 46.2 Å². The van der Waals surface area contributed by atoms with Gasteiger partial charge in [0.15, 0.2) is 24.3 Å². The van der Waals surface area contributed by atoms with Crippen LogP contribution >= 0.6 is 0 Å². The molecule has 2 saturated heterocycles. The number of rotatable bonds is 29. The normalized spacial score (nSPS) is 21.6. The molecule has 0 saturated carbocycles. The van der Waals surface area contributed by atoms with Crippen molar-refractivity contribution in [2.24, 2.45) is 23.7 Å². The molecule has 4 amide bonds. The fourth-order valence-electron chi connectivity index (χ4n) is 8.09. The average molecular weight is 906 g/mol. The smallest absolute Gasteiger partial charge is 0.262 e. The zero-order valence-corrected chi connectivity index (χ0v) is 39.5. The van der Waals surface area contributed by atoms with Crippen LogP contribution in [0.25, 0.3) is 0 Å². The molecule has 0 aromatic rings. The van der Waals surface area contributed by atoms with Crippen molar-refractivity contribution in [2.75, 3.05) is 26.2 Å². The van der Waals surface area contributed by atoms with Gasteiger partial charge in [-0.2, -0.15) is 0 Å². The Bertz CT molecular complexity index is 1610. The Morgan fingerprint density at radius 2 is 0.922 bits per heavy atom. The molecule has 6 N–H and O–H groups in total. The summed E-state index contributed by atoms with van der Waals surface area (Å²) in [5, 5.41) is 25.0. The SMILES string of the molecule is CC(=O)C(N[C@H](C=O)[C@@H](C)O)N1CCN(C(=O)C(N[C@H](C=O)CC(C)C)N2CCN(C(=O)C(C)N[C@H](C=O)CC(C)C)C(N[C@H](C=O)CC(C)C)C2=O)C(N[C@H](C=O)CC(C)C)C1=O. The van der Waals surface area contributed by atoms with E-state index >= 15 is 4.79 Å². The lowest BCUT2D eigenvalue weighted by molar-refractivity contribution is -0.168. The summed E-state index contributed by atoms with van der Waals surface area (Å²) in [7, 11) is 0. The minimum absolute atomic E-state index is 0.00677. The number of nitrogens with zero attached hydrogens (tertiary/aromatic N) is 4. The van der Waals surface area contributed by atoms with E-state index in [4.69, 9.17) is 0 Å². The maximum Gasteiger partial charge on any atom is 0.262 e. The molecule has 20 nitrogen and oxygen atoms in total. The third kappa shape index (κ3) is 16.0. The molecule has 0 bridgehead atoms. The lowest BCUT2D eigenvalue weighted by atomic mass is 10.0. The van der Waals surface area contributed by atoms with E-state index < -0.39 is 96.4 Å². The molecule has 0 spiro atoms. The van der Waals surface area contributed by atoms with E-state index in [1.54, 1.807) is 6.92 Å². The Balaban J connectivity index is 2.78. The molecular weight excluding hydrogens is 831 g/mol. The number of ketones is 1. The highest BCUT2D eigenvalue weighted by molar-refractivity contribution is 5.97. The molecule has 2 heterocycles. The number of carbonyl (C=O) groups is 10. The summed E-state index contributed by atoms with van der Waals surface area (Å²) in [6.07, 6.45) is -3.20. The van der Waals surface area contributed by atoms with Crippen molar-refractivity contribution in [1.29, 1.82) is 0 Å². The van der Waals surface area contributed by atoms with Crippen LogP contribution in [0.5, 0.6) is 0 Å². The van der Waals surface area contributed by atoms with E-state index in [2.05, 4.69) is 26.6 Å². The van der Waals surface area contributed by atoms with Gasteiger partial charge < -0.3 is 48.7 Å². The number of nitrogens with one attached hydrogen (secondary N) is 5. The number of hydrogen-bond donors (Lipinski definition) is 6. The number of Topliss-reactive ketones (excluding diaryl/α,β-unsaturated/α-hetero) is 1. The third-order valence-corrected chi connectivity index (χ3v) is 11.2. The fourth-order valence-corrected chi connectivity index (χ4v) is 8.09. The zero-order chi connectivity index (χ0) is 48.6. The second kappa shape index (κ2) is 26.6. The quantitative estimate of drug-likeness (QED) is 0.0490. The Kier molecular flexibility index (Phi) is 23.2. The van der Waals surface area contributed by atoms with Crippen LogP contribution < -0.4 is 26.6 Å². The molecular formula is C44H75N9O11. The van der Waals surface area contributed by atoms with Crippen LogP contribution in [0.4, 0.5) is 0 Å². The van der Waals surface area contributed by atoms with Gasteiger partial charge in [-0.25, -0.2) is 0 Å². The van der Waals surface area contributed by atoms with Crippen LogP contribution in [0.3, 0.4) is 0 Å². The van der Waals surface area contributed by atoms with Gasteiger partial charge in [-0.3, -0.25) is 50.6 Å². The van der Waals surface area contributed by atoms with E-state index in [1.165, 1.54) is 23.6 Å². The molecule has 20 heteroatoms. The molecule has 5 unspecified atom stereocenters. The molecule has 2 aliphatic heterocycles. The number of aldehydes is 5. The standard InChI is InChI=1S/C44H75N9O11/c1-25(2)16-32(20-54)45-29(9)41(61)51-13-15-53(43(63)38(51)46-33(21-55)17-26(3)4)40(48-35(23-57)19-28(7)8)44(64)52-14-12-50(37(31(11)60)49-36(24-58)30(10)59)42(62)39(52)47-34(22-56)18-27(5)6/h20-30,32-40,45-49,59H,12-19H2,1-11H3/t29?,30-,32+,33+,34+,35+,36-,37?,38?,39?,40?/m1/s1. The van der Waals surface area contributed by atoms with Crippen molar-refractivity contribution in [3.63, 3.8) is 0 Å². The van der Waals surface area contributed by atoms with Crippen LogP contribution in [-0.2, 0) is 47.9 Å². The van der Waals surface area contributed by atoms with E-state index in [0.29, 0.717) is 38.0 Å². The first-order valence-electron chi connectivity index (χ1n) is 22.5. The monoisotopic (exact) mass is 906 g/mol. The van der Waals surface area contributed by atoms with Gasteiger partial charge in [-0.1, -0.05) is 55.4 Å². The summed E-state index contributed by atoms with van der Waals surface area (Å²) >= 11 is 0. The first-order valence-corrected chi connectivity index (χ1v) is 22.5. The van der Waals surface area contributed by atoms with Gasteiger partial charge in [0.05, 0.1) is 42.4 Å². The average Bonchev–Trinajstić information content (AvgIpc) is 3.22. The van der Waals surface area contributed by atoms with Crippen molar-refractivity contribution in [2.45, 2.75) is 169 Å². The lowest BCUT2D eigenvalue weighted by Crippen LogP contribution is -2.75. The fraction of sp³-hybridized carbons (Fsp3) is 0.773. The summed E-state index contributed by atoms with van der Waals surface area (Å²) in [5.41, 5.74) is 0. The van der Waals surface area contributed by atoms with Gasteiger partial charge in [0.1, 0.15) is 37.6 Å². The number of aliphatic hydroxyl groups is 1. The number of hydrogen-bond acceptors (Lipinski definition) is 16. The highest BCUT2D eigenvalue weighted by atomic mass is 16.3. The first kappa shape index (κ1) is 55.8.